The van der Waals surface area contributed by atoms with Crippen molar-refractivity contribution in [3.05, 3.63) is 11.9 Å². The number of aromatic nitrogens is 2. The van der Waals surface area contributed by atoms with E-state index in [0.717, 1.165) is 30.8 Å². The summed E-state index contributed by atoms with van der Waals surface area (Å²) in [5.41, 5.74) is 2.29. The average molecular weight is 209 g/mol. The summed E-state index contributed by atoms with van der Waals surface area (Å²) < 4.78 is 7.39. The molecule has 4 nitrogen and oxygen atoms in total. The topological polar surface area (TPSA) is 39.1 Å². The molecule has 0 aromatic carbocycles. The molecule has 15 heavy (non-hydrogen) atoms. The first-order valence-corrected chi connectivity index (χ1v) is 5.61. The minimum atomic E-state index is 0.301. The third-order valence-electron chi connectivity index (χ3n) is 2.96. The molecule has 2 unspecified atom stereocenters. The molecule has 0 amide bonds. The predicted octanol–water partition coefficient (Wildman–Crippen LogP) is 1.57. The fourth-order valence-electron chi connectivity index (χ4n) is 2.04. The van der Waals surface area contributed by atoms with Crippen LogP contribution in [0.1, 0.15) is 26.0 Å². The minimum absolute atomic E-state index is 0.301. The van der Waals surface area contributed by atoms with Gasteiger partial charge in [0.15, 0.2) is 0 Å². The molecule has 0 radical (unpaired) electrons. The Morgan fingerprint density at radius 1 is 1.67 bits per heavy atom. The molecule has 1 aliphatic rings. The van der Waals surface area contributed by atoms with Crippen molar-refractivity contribution in [2.45, 2.75) is 38.8 Å². The van der Waals surface area contributed by atoms with Crippen molar-refractivity contribution in [2.24, 2.45) is 7.05 Å². The maximum Gasteiger partial charge on any atom is 0.0853 e. The molecular weight excluding hydrogens is 190 g/mol. The van der Waals surface area contributed by atoms with Crippen molar-refractivity contribution in [3.63, 3.8) is 0 Å². The second-order valence-corrected chi connectivity index (χ2v) is 4.13. The monoisotopic (exact) mass is 209 g/mol. The lowest BCUT2D eigenvalue weighted by molar-refractivity contribution is 0.121. The lowest BCUT2D eigenvalue weighted by Gasteiger charge is -2.16. The van der Waals surface area contributed by atoms with E-state index in [4.69, 9.17) is 4.74 Å². The van der Waals surface area contributed by atoms with Gasteiger partial charge in [-0.15, -0.1) is 0 Å². The summed E-state index contributed by atoms with van der Waals surface area (Å²) in [5, 5.41) is 7.93. The van der Waals surface area contributed by atoms with E-state index in [1.165, 1.54) is 0 Å². The lowest BCUT2D eigenvalue weighted by atomic mass is 10.1. The highest BCUT2D eigenvalue weighted by molar-refractivity contribution is 5.47. The number of anilines is 1. The van der Waals surface area contributed by atoms with Crippen LogP contribution in [-0.4, -0.2) is 28.5 Å². The molecule has 1 saturated heterocycles. The molecule has 1 aromatic rings. The highest BCUT2D eigenvalue weighted by atomic mass is 16.5. The van der Waals surface area contributed by atoms with Gasteiger partial charge in [0.25, 0.3) is 0 Å². The van der Waals surface area contributed by atoms with Gasteiger partial charge in [0.2, 0.25) is 0 Å². The summed E-state index contributed by atoms with van der Waals surface area (Å²) in [6, 6.07) is 0.430. The van der Waals surface area contributed by atoms with Crippen molar-refractivity contribution in [3.8, 4) is 0 Å². The number of aryl methyl sites for hydroxylation is 2. The van der Waals surface area contributed by atoms with Crippen molar-refractivity contribution in [2.75, 3.05) is 11.9 Å². The van der Waals surface area contributed by atoms with Crippen LogP contribution in [0.15, 0.2) is 6.20 Å². The molecule has 0 bridgehead atoms. The highest BCUT2D eigenvalue weighted by Crippen LogP contribution is 2.21. The van der Waals surface area contributed by atoms with E-state index < -0.39 is 0 Å². The van der Waals surface area contributed by atoms with Gasteiger partial charge in [0.05, 0.1) is 23.5 Å². The largest absolute Gasteiger partial charge is 0.377 e. The van der Waals surface area contributed by atoms with E-state index in [1.807, 2.05) is 17.9 Å². The van der Waals surface area contributed by atoms with Crippen LogP contribution in [0.3, 0.4) is 0 Å². The molecular formula is C11H19N3O. The van der Waals surface area contributed by atoms with Crippen LogP contribution in [0.25, 0.3) is 0 Å². The maximum atomic E-state index is 5.53. The minimum Gasteiger partial charge on any atom is -0.377 e. The molecule has 1 N–H and O–H groups in total. The molecule has 4 heteroatoms. The van der Waals surface area contributed by atoms with E-state index in [2.05, 4.69) is 24.3 Å². The zero-order valence-corrected chi connectivity index (χ0v) is 9.66. The number of rotatable bonds is 3. The fourth-order valence-corrected chi connectivity index (χ4v) is 2.04. The van der Waals surface area contributed by atoms with Gasteiger partial charge in [-0.2, -0.15) is 5.10 Å². The molecule has 0 saturated carbocycles. The summed E-state index contributed by atoms with van der Waals surface area (Å²) in [6.07, 6.45) is 4.39. The van der Waals surface area contributed by atoms with Gasteiger partial charge in [-0.1, -0.05) is 6.92 Å². The Labute approximate surface area is 90.6 Å². The van der Waals surface area contributed by atoms with Gasteiger partial charge in [-0.05, 0) is 19.8 Å². The lowest BCUT2D eigenvalue weighted by Crippen LogP contribution is -2.26. The summed E-state index contributed by atoms with van der Waals surface area (Å²) in [6.45, 7) is 5.11. The first-order valence-electron chi connectivity index (χ1n) is 5.61. The van der Waals surface area contributed by atoms with Gasteiger partial charge in [0.1, 0.15) is 0 Å². The maximum absolute atomic E-state index is 5.53. The van der Waals surface area contributed by atoms with Crippen LogP contribution in [0.2, 0.25) is 0 Å². The Kier molecular flexibility index (Phi) is 2.95. The van der Waals surface area contributed by atoms with E-state index in [9.17, 15) is 0 Å². The molecule has 1 aliphatic heterocycles. The molecule has 0 spiro atoms. The van der Waals surface area contributed by atoms with E-state index in [0.29, 0.717) is 12.1 Å². The molecule has 2 atom stereocenters. The Morgan fingerprint density at radius 2 is 2.47 bits per heavy atom. The zero-order chi connectivity index (χ0) is 10.8. The quantitative estimate of drug-likeness (QED) is 0.821. The van der Waals surface area contributed by atoms with Crippen LogP contribution in [-0.2, 0) is 18.2 Å². The standard InChI is InChI=1S/C11H19N3O/c1-4-9-11(7-14(3)13-9)12-10-5-6-15-8(10)2/h7-8,10,12H,4-6H2,1-3H3. The van der Waals surface area contributed by atoms with Crippen LogP contribution < -0.4 is 5.32 Å². The van der Waals surface area contributed by atoms with E-state index in [-0.39, 0.29) is 0 Å². The van der Waals surface area contributed by atoms with E-state index in [1.54, 1.807) is 0 Å². The number of nitrogens with one attached hydrogen (secondary N) is 1. The number of hydrogen-bond acceptors (Lipinski definition) is 3. The van der Waals surface area contributed by atoms with Gasteiger partial charge >= 0.3 is 0 Å². The van der Waals surface area contributed by atoms with Crippen molar-refractivity contribution in [1.29, 1.82) is 0 Å². The van der Waals surface area contributed by atoms with Crippen molar-refractivity contribution in [1.82, 2.24) is 9.78 Å². The van der Waals surface area contributed by atoms with E-state index >= 15 is 0 Å². The third kappa shape index (κ3) is 2.15. The normalized spacial score (nSPS) is 25.8. The molecule has 2 heterocycles. The zero-order valence-electron chi connectivity index (χ0n) is 9.66. The summed E-state index contributed by atoms with van der Waals surface area (Å²) in [5.74, 6) is 0. The number of nitrogens with zero attached hydrogens (tertiary/aromatic N) is 2. The van der Waals surface area contributed by atoms with Gasteiger partial charge < -0.3 is 10.1 Å². The summed E-state index contributed by atoms with van der Waals surface area (Å²) >= 11 is 0. The molecule has 1 fully saturated rings. The highest BCUT2D eigenvalue weighted by Gasteiger charge is 2.24. The Balaban J connectivity index is 2.09. The second-order valence-electron chi connectivity index (χ2n) is 4.13. The molecule has 1 aromatic heterocycles. The van der Waals surface area contributed by atoms with Gasteiger partial charge in [-0.3, -0.25) is 4.68 Å². The summed E-state index contributed by atoms with van der Waals surface area (Å²) in [7, 11) is 1.96. The Morgan fingerprint density at radius 3 is 3.07 bits per heavy atom. The SMILES string of the molecule is CCc1nn(C)cc1NC1CCOC1C. The van der Waals surface area contributed by atoms with Gasteiger partial charge in [-0.25, -0.2) is 0 Å². The van der Waals surface area contributed by atoms with Crippen LogP contribution in [0, 0.1) is 0 Å². The predicted molar refractivity (Wildman–Crippen MR) is 60.0 cm³/mol. The van der Waals surface area contributed by atoms with Crippen LogP contribution >= 0.6 is 0 Å². The molecule has 84 valence electrons. The average Bonchev–Trinajstić information content (AvgIpc) is 2.75. The van der Waals surface area contributed by atoms with Gasteiger partial charge in [0, 0.05) is 19.9 Å². The van der Waals surface area contributed by atoms with Crippen molar-refractivity contribution >= 4 is 5.69 Å². The van der Waals surface area contributed by atoms with Crippen molar-refractivity contribution < 1.29 is 4.74 Å². The number of ether oxygens (including phenoxy) is 1. The summed E-state index contributed by atoms with van der Waals surface area (Å²) in [4.78, 5) is 0. The molecule has 2 rings (SSSR count). The Bertz CT molecular complexity index is 335. The third-order valence-corrected chi connectivity index (χ3v) is 2.96. The first kappa shape index (κ1) is 10.5. The second kappa shape index (κ2) is 4.23. The fraction of sp³-hybridized carbons (Fsp3) is 0.727. The smallest absolute Gasteiger partial charge is 0.0853 e. The Hall–Kier alpha value is -1.03. The first-order chi connectivity index (χ1) is 7.20. The van der Waals surface area contributed by atoms with Crippen LogP contribution in [0.4, 0.5) is 5.69 Å². The number of hydrogen-bond donors (Lipinski definition) is 1. The molecule has 0 aliphatic carbocycles. The van der Waals surface area contributed by atoms with Crippen LogP contribution in [0.5, 0.6) is 0 Å².